The zero-order valence-corrected chi connectivity index (χ0v) is 13.2. The highest BCUT2D eigenvalue weighted by Crippen LogP contribution is 2.20. The lowest BCUT2D eigenvalue weighted by molar-refractivity contribution is -0.115. The third-order valence-electron chi connectivity index (χ3n) is 2.63. The third-order valence-corrected chi connectivity index (χ3v) is 4.33. The fourth-order valence-electron chi connectivity index (χ4n) is 1.60. The minimum atomic E-state index is -0.264. The Kier molecular flexibility index (Phi) is 4.92. The number of aryl methyl sites for hydroxylation is 1. The Morgan fingerprint density at radius 3 is 2.65 bits per heavy atom. The first-order valence-corrected chi connectivity index (χ1v) is 7.62. The summed E-state index contributed by atoms with van der Waals surface area (Å²) >= 11 is 4.71. The van der Waals surface area contributed by atoms with Gasteiger partial charge in [0.1, 0.15) is 0 Å². The van der Waals surface area contributed by atoms with Crippen LogP contribution in [0.5, 0.6) is 0 Å². The van der Waals surface area contributed by atoms with Gasteiger partial charge in [0.2, 0.25) is 5.91 Å². The van der Waals surface area contributed by atoms with Crippen LogP contribution in [0, 0.1) is 6.92 Å². The largest absolute Gasteiger partial charge is 0.342 e. The van der Waals surface area contributed by atoms with E-state index in [9.17, 15) is 9.59 Å². The average molecular weight is 353 g/mol. The number of hydrogen-bond acceptors (Lipinski definition) is 3. The van der Waals surface area contributed by atoms with E-state index in [1.165, 1.54) is 11.3 Å². The second kappa shape index (κ2) is 6.67. The first-order chi connectivity index (χ1) is 9.58. The highest BCUT2D eigenvalue weighted by molar-refractivity contribution is 9.10. The van der Waals surface area contributed by atoms with Crippen molar-refractivity contribution in [3.05, 3.63) is 50.6 Å². The van der Waals surface area contributed by atoms with Crippen LogP contribution >= 0.6 is 27.3 Å². The minimum absolute atomic E-state index is 0.0580. The molecule has 104 valence electrons. The van der Waals surface area contributed by atoms with Crippen LogP contribution in [0.3, 0.4) is 0 Å². The molecule has 0 spiro atoms. The molecular weight excluding hydrogens is 340 g/mol. The fourth-order valence-corrected chi connectivity index (χ4v) is 2.83. The number of thiophene rings is 1. The molecule has 0 aliphatic carbocycles. The Hall–Kier alpha value is -1.66. The summed E-state index contributed by atoms with van der Waals surface area (Å²) in [5, 5.41) is 7.19. The van der Waals surface area contributed by atoms with Gasteiger partial charge in [-0.25, -0.2) is 0 Å². The Morgan fingerprint density at radius 1 is 1.25 bits per heavy atom. The summed E-state index contributed by atoms with van der Waals surface area (Å²) in [5.74, 6) is -0.487. The molecule has 0 aliphatic rings. The molecule has 0 radical (unpaired) electrons. The van der Waals surface area contributed by atoms with Crippen LogP contribution in [0.2, 0.25) is 0 Å². The summed E-state index contributed by atoms with van der Waals surface area (Å²) in [6, 6.07) is 9.19. The predicted octanol–water partition coefficient (Wildman–Crippen LogP) is 3.19. The van der Waals surface area contributed by atoms with Crippen LogP contribution in [0.1, 0.15) is 15.2 Å². The highest BCUT2D eigenvalue weighted by atomic mass is 79.9. The first kappa shape index (κ1) is 14.7. The normalized spacial score (nSPS) is 10.1. The molecule has 1 heterocycles. The Labute approximate surface area is 129 Å². The summed E-state index contributed by atoms with van der Waals surface area (Å²) in [7, 11) is 0. The SMILES string of the molecule is Cc1ccsc1C(=O)NCC(=O)Nc1ccccc1Br. The van der Waals surface area contributed by atoms with Crippen molar-refractivity contribution in [3.8, 4) is 0 Å². The van der Waals surface area contributed by atoms with Crippen molar-refractivity contribution in [1.29, 1.82) is 0 Å². The van der Waals surface area contributed by atoms with Crippen LogP contribution < -0.4 is 10.6 Å². The molecule has 0 saturated carbocycles. The van der Waals surface area contributed by atoms with Crippen LogP contribution in [0.15, 0.2) is 40.2 Å². The van der Waals surface area contributed by atoms with Crippen LogP contribution in [-0.2, 0) is 4.79 Å². The molecule has 0 atom stereocenters. The lowest BCUT2D eigenvalue weighted by atomic mass is 10.3. The number of benzene rings is 1. The van der Waals surface area contributed by atoms with Gasteiger partial charge in [0.05, 0.1) is 17.1 Å². The number of rotatable bonds is 4. The van der Waals surface area contributed by atoms with Crippen molar-refractivity contribution in [3.63, 3.8) is 0 Å². The van der Waals surface area contributed by atoms with Crippen molar-refractivity contribution in [2.24, 2.45) is 0 Å². The maximum Gasteiger partial charge on any atom is 0.262 e. The summed E-state index contributed by atoms with van der Waals surface area (Å²) < 4.78 is 0.800. The minimum Gasteiger partial charge on any atom is -0.342 e. The molecule has 0 fully saturated rings. The zero-order valence-electron chi connectivity index (χ0n) is 10.8. The molecule has 2 amide bonds. The maximum absolute atomic E-state index is 11.9. The maximum atomic E-state index is 11.9. The van der Waals surface area contributed by atoms with Crippen molar-refractivity contribution < 1.29 is 9.59 Å². The van der Waals surface area contributed by atoms with Gasteiger partial charge in [-0.05, 0) is 52.0 Å². The fraction of sp³-hybridized carbons (Fsp3) is 0.143. The van der Waals surface area contributed by atoms with Gasteiger partial charge in [-0.15, -0.1) is 11.3 Å². The second-order valence-corrected chi connectivity index (χ2v) is 5.91. The molecule has 1 aromatic carbocycles. The van der Waals surface area contributed by atoms with Gasteiger partial charge in [0, 0.05) is 4.47 Å². The summed E-state index contributed by atoms with van der Waals surface area (Å²) in [5.41, 5.74) is 1.60. The predicted molar refractivity (Wildman–Crippen MR) is 84.2 cm³/mol. The van der Waals surface area contributed by atoms with Crippen molar-refractivity contribution in [2.45, 2.75) is 6.92 Å². The van der Waals surface area contributed by atoms with Gasteiger partial charge in [0.15, 0.2) is 0 Å². The number of carbonyl (C=O) groups is 2. The highest BCUT2D eigenvalue weighted by Gasteiger charge is 2.12. The van der Waals surface area contributed by atoms with E-state index in [4.69, 9.17) is 0 Å². The number of carbonyl (C=O) groups excluding carboxylic acids is 2. The van der Waals surface area contributed by atoms with Crippen LogP contribution in [-0.4, -0.2) is 18.4 Å². The van der Waals surface area contributed by atoms with E-state index < -0.39 is 0 Å². The third kappa shape index (κ3) is 3.68. The van der Waals surface area contributed by atoms with Gasteiger partial charge in [0.25, 0.3) is 5.91 Å². The zero-order chi connectivity index (χ0) is 14.5. The van der Waals surface area contributed by atoms with Gasteiger partial charge in [-0.2, -0.15) is 0 Å². The van der Waals surface area contributed by atoms with Crippen molar-refractivity contribution in [1.82, 2.24) is 5.32 Å². The van der Waals surface area contributed by atoms with Crippen molar-refractivity contribution in [2.75, 3.05) is 11.9 Å². The van der Waals surface area contributed by atoms with E-state index in [0.717, 1.165) is 10.0 Å². The van der Waals surface area contributed by atoms with Crippen LogP contribution in [0.4, 0.5) is 5.69 Å². The number of nitrogens with one attached hydrogen (secondary N) is 2. The molecule has 4 nitrogen and oxygen atoms in total. The van der Waals surface area contributed by atoms with Crippen molar-refractivity contribution >= 4 is 44.8 Å². The summed E-state index contributed by atoms with van der Waals surface area (Å²) in [4.78, 5) is 24.3. The molecule has 0 aliphatic heterocycles. The lowest BCUT2D eigenvalue weighted by Gasteiger charge is -2.08. The molecule has 2 rings (SSSR count). The standard InChI is InChI=1S/C14H13BrN2O2S/c1-9-6-7-20-13(9)14(19)16-8-12(18)17-11-5-3-2-4-10(11)15/h2-7H,8H2,1H3,(H,16,19)(H,17,18). The Balaban J connectivity index is 1.89. The molecule has 20 heavy (non-hydrogen) atoms. The summed E-state index contributed by atoms with van der Waals surface area (Å²) in [6.45, 7) is 1.81. The topological polar surface area (TPSA) is 58.2 Å². The Morgan fingerprint density at radius 2 is 2.00 bits per heavy atom. The van der Waals surface area contributed by atoms with E-state index in [1.807, 2.05) is 36.6 Å². The van der Waals surface area contributed by atoms with Crippen LogP contribution in [0.25, 0.3) is 0 Å². The average Bonchev–Trinajstić information content (AvgIpc) is 2.85. The number of amides is 2. The number of para-hydroxylation sites is 1. The molecule has 0 bridgehead atoms. The van der Waals surface area contributed by atoms with Gasteiger partial charge < -0.3 is 10.6 Å². The lowest BCUT2D eigenvalue weighted by Crippen LogP contribution is -2.32. The molecule has 0 saturated heterocycles. The van der Waals surface area contributed by atoms with E-state index in [1.54, 1.807) is 6.07 Å². The van der Waals surface area contributed by atoms with E-state index in [-0.39, 0.29) is 18.4 Å². The molecular formula is C14H13BrN2O2S. The smallest absolute Gasteiger partial charge is 0.262 e. The second-order valence-electron chi connectivity index (χ2n) is 4.14. The quantitative estimate of drug-likeness (QED) is 0.887. The number of anilines is 1. The molecule has 2 N–H and O–H groups in total. The van der Waals surface area contributed by atoms with Gasteiger partial charge in [-0.1, -0.05) is 12.1 Å². The van der Waals surface area contributed by atoms with Gasteiger partial charge in [-0.3, -0.25) is 9.59 Å². The molecule has 6 heteroatoms. The monoisotopic (exact) mass is 352 g/mol. The molecule has 2 aromatic rings. The number of hydrogen-bond donors (Lipinski definition) is 2. The van der Waals surface area contributed by atoms with E-state index in [0.29, 0.717) is 10.6 Å². The molecule has 1 aromatic heterocycles. The first-order valence-electron chi connectivity index (χ1n) is 5.94. The van der Waals surface area contributed by atoms with Gasteiger partial charge >= 0.3 is 0 Å². The van der Waals surface area contributed by atoms with E-state index in [2.05, 4.69) is 26.6 Å². The van der Waals surface area contributed by atoms with E-state index >= 15 is 0 Å². The Bertz CT molecular complexity index is 640. The number of halogens is 1. The summed E-state index contributed by atoms with van der Waals surface area (Å²) in [6.07, 6.45) is 0. The molecule has 0 unspecified atom stereocenters.